The third kappa shape index (κ3) is 2.96. The van der Waals surface area contributed by atoms with Crippen molar-refractivity contribution in [1.29, 1.82) is 0 Å². The first-order valence-corrected chi connectivity index (χ1v) is 5.80. The van der Waals surface area contributed by atoms with Crippen LogP contribution >= 0.6 is 0 Å². The summed E-state index contributed by atoms with van der Waals surface area (Å²) in [5.74, 6) is -0.0193. The molecule has 18 heavy (non-hydrogen) atoms. The van der Waals surface area contributed by atoms with Gasteiger partial charge in [0.05, 0.1) is 12.7 Å². The molecule has 6 heteroatoms. The maximum Gasteiger partial charge on any atom is 0.267 e. The number of ether oxygens (including phenoxy) is 1. The van der Waals surface area contributed by atoms with Crippen molar-refractivity contribution >= 4 is 5.91 Å². The minimum atomic E-state index is -0.583. The van der Waals surface area contributed by atoms with E-state index in [0.29, 0.717) is 18.8 Å². The average Bonchev–Trinajstić information content (AvgIpc) is 3.07. The lowest BCUT2D eigenvalue weighted by molar-refractivity contribution is 0.0995. The van der Waals surface area contributed by atoms with E-state index < -0.39 is 11.5 Å². The molecule has 0 unspecified atom stereocenters. The molecule has 1 aliphatic carbocycles. The molecule has 1 aromatic heterocycles. The molecule has 0 saturated heterocycles. The highest BCUT2D eigenvalue weighted by molar-refractivity contribution is 5.91. The van der Waals surface area contributed by atoms with Crippen LogP contribution in [0.4, 0.5) is 0 Å². The number of primary amides is 1. The second-order valence-corrected chi connectivity index (χ2v) is 4.57. The SMILES string of the molecule is COc1cc(C(N)=O)ncc1CNCC1(O)CC1. The van der Waals surface area contributed by atoms with Crippen LogP contribution in [0, 0.1) is 0 Å². The molecule has 0 spiro atoms. The van der Waals surface area contributed by atoms with Crippen LogP contribution < -0.4 is 15.8 Å². The molecule has 0 radical (unpaired) electrons. The van der Waals surface area contributed by atoms with E-state index in [0.717, 1.165) is 18.4 Å². The van der Waals surface area contributed by atoms with Crippen LogP contribution in [0.3, 0.4) is 0 Å². The molecule has 98 valence electrons. The molecule has 6 nitrogen and oxygen atoms in total. The number of hydrogen-bond acceptors (Lipinski definition) is 5. The third-order valence-corrected chi connectivity index (χ3v) is 3.01. The van der Waals surface area contributed by atoms with Gasteiger partial charge in [-0.25, -0.2) is 0 Å². The number of aliphatic hydroxyl groups is 1. The zero-order valence-electron chi connectivity index (χ0n) is 10.3. The standard InChI is InChI=1S/C12H17N3O3/c1-18-10-4-9(11(13)16)15-6-8(10)5-14-7-12(17)2-3-12/h4,6,14,17H,2-3,5,7H2,1H3,(H2,13,16). The van der Waals surface area contributed by atoms with Gasteiger partial charge in [-0.2, -0.15) is 0 Å². The first kappa shape index (κ1) is 12.8. The quantitative estimate of drug-likeness (QED) is 0.650. The van der Waals surface area contributed by atoms with Gasteiger partial charge in [0.15, 0.2) is 0 Å². The number of hydrogen-bond donors (Lipinski definition) is 3. The number of nitrogens with two attached hydrogens (primary N) is 1. The molecule has 1 amide bonds. The van der Waals surface area contributed by atoms with Gasteiger partial charge in [-0.05, 0) is 12.8 Å². The Kier molecular flexibility index (Phi) is 3.49. The zero-order chi connectivity index (χ0) is 13.2. The lowest BCUT2D eigenvalue weighted by atomic mass is 10.2. The van der Waals surface area contributed by atoms with Crippen LogP contribution in [-0.2, 0) is 6.54 Å². The van der Waals surface area contributed by atoms with Crippen molar-refractivity contribution in [3.05, 3.63) is 23.5 Å². The Morgan fingerprint density at radius 3 is 2.94 bits per heavy atom. The first-order chi connectivity index (χ1) is 8.54. The molecule has 0 aromatic carbocycles. The van der Waals surface area contributed by atoms with Gasteiger partial charge in [-0.3, -0.25) is 9.78 Å². The molecule has 2 rings (SSSR count). The van der Waals surface area contributed by atoms with Crippen LogP contribution in [0.1, 0.15) is 28.9 Å². The molecule has 4 N–H and O–H groups in total. The van der Waals surface area contributed by atoms with E-state index in [1.54, 1.807) is 6.20 Å². The number of nitrogens with zero attached hydrogens (tertiary/aromatic N) is 1. The topological polar surface area (TPSA) is 97.5 Å². The van der Waals surface area contributed by atoms with Crippen molar-refractivity contribution in [2.24, 2.45) is 5.73 Å². The lowest BCUT2D eigenvalue weighted by Crippen LogP contribution is -2.28. The molecule has 1 aliphatic rings. The van der Waals surface area contributed by atoms with Gasteiger partial charge < -0.3 is 20.9 Å². The maximum absolute atomic E-state index is 11.0. The minimum absolute atomic E-state index is 0.177. The normalized spacial score (nSPS) is 16.3. The Labute approximate surface area is 105 Å². The fraction of sp³-hybridized carbons (Fsp3) is 0.500. The molecule has 1 heterocycles. The van der Waals surface area contributed by atoms with E-state index in [-0.39, 0.29) is 5.69 Å². The molecular weight excluding hydrogens is 234 g/mol. The van der Waals surface area contributed by atoms with Gasteiger partial charge in [-0.1, -0.05) is 0 Å². The largest absolute Gasteiger partial charge is 0.496 e. The monoisotopic (exact) mass is 251 g/mol. The molecule has 1 aromatic rings. The van der Waals surface area contributed by atoms with Gasteiger partial charge in [0, 0.05) is 30.9 Å². The summed E-state index contributed by atoms with van der Waals surface area (Å²) in [7, 11) is 1.53. The van der Waals surface area contributed by atoms with E-state index >= 15 is 0 Å². The third-order valence-electron chi connectivity index (χ3n) is 3.01. The zero-order valence-corrected chi connectivity index (χ0v) is 10.3. The van der Waals surface area contributed by atoms with Crippen LogP contribution in [0.5, 0.6) is 5.75 Å². The van der Waals surface area contributed by atoms with Crippen molar-refractivity contribution < 1.29 is 14.6 Å². The number of carbonyl (C=O) groups excluding carboxylic acids is 1. The van der Waals surface area contributed by atoms with E-state index in [1.807, 2.05) is 0 Å². The van der Waals surface area contributed by atoms with Crippen molar-refractivity contribution in [3.63, 3.8) is 0 Å². The van der Waals surface area contributed by atoms with Gasteiger partial charge in [0.25, 0.3) is 5.91 Å². The summed E-state index contributed by atoms with van der Waals surface area (Å²) in [4.78, 5) is 15.0. The minimum Gasteiger partial charge on any atom is -0.496 e. The van der Waals surface area contributed by atoms with Crippen molar-refractivity contribution in [1.82, 2.24) is 10.3 Å². The summed E-state index contributed by atoms with van der Waals surface area (Å²) in [6.07, 6.45) is 3.24. The summed E-state index contributed by atoms with van der Waals surface area (Å²) >= 11 is 0. The predicted molar refractivity (Wildman–Crippen MR) is 65.2 cm³/mol. The van der Waals surface area contributed by atoms with Crippen molar-refractivity contribution in [2.45, 2.75) is 25.0 Å². The van der Waals surface area contributed by atoms with Crippen LogP contribution in [0.2, 0.25) is 0 Å². The number of nitrogens with one attached hydrogen (secondary N) is 1. The van der Waals surface area contributed by atoms with Crippen LogP contribution in [-0.4, -0.2) is 35.3 Å². The fourth-order valence-electron chi connectivity index (χ4n) is 1.67. The molecule has 0 bridgehead atoms. The number of carbonyl (C=O) groups is 1. The molecule has 0 atom stereocenters. The summed E-state index contributed by atoms with van der Waals surface area (Å²) in [6, 6.07) is 1.52. The lowest BCUT2D eigenvalue weighted by Gasteiger charge is -2.12. The second-order valence-electron chi connectivity index (χ2n) is 4.57. The Morgan fingerprint density at radius 2 is 2.39 bits per heavy atom. The highest BCUT2D eigenvalue weighted by Gasteiger charge is 2.39. The van der Waals surface area contributed by atoms with Crippen LogP contribution in [0.15, 0.2) is 12.3 Å². The maximum atomic E-state index is 11.0. The summed E-state index contributed by atoms with van der Waals surface area (Å²) < 4.78 is 5.18. The molecule has 1 fully saturated rings. The Hall–Kier alpha value is -1.66. The molecule has 0 aliphatic heterocycles. The van der Waals surface area contributed by atoms with E-state index in [1.165, 1.54) is 13.2 Å². The van der Waals surface area contributed by atoms with Crippen molar-refractivity contribution in [2.75, 3.05) is 13.7 Å². The number of rotatable bonds is 6. The second kappa shape index (κ2) is 4.91. The fourth-order valence-corrected chi connectivity index (χ4v) is 1.67. The van der Waals surface area contributed by atoms with E-state index in [9.17, 15) is 9.90 Å². The van der Waals surface area contributed by atoms with Gasteiger partial charge in [0.1, 0.15) is 11.4 Å². The highest BCUT2D eigenvalue weighted by Crippen LogP contribution is 2.34. The van der Waals surface area contributed by atoms with Crippen LogP contribution in [0.25, 0.3) is 0 Å². The molecular formula is C12H17N3O3. The predicted octanol–water partition coefficient (Wildman–Crippen LogP) is -0.196. The van der Waals surface area contributed by atoms with E-state index in [4.69, 9.17) is 10.5 Å². The van der Waals surface area contributed by atoms with Gasteiger partial charge in [-0.15, -0.1) is 0 Å². The number of methoxy groups -OCH3 is 1. The Balaban J connectivity index is 2.00. The van der Waals surface area contributed by atoms with E-state index in [2.05, 4.69) is 10.3 Å². The summed E-state index contributed by atoms with van der Waals surface area (Å²) in [6.45, 7) is 1.07. The summed E-state index contributed by atoms with van der Waals surface area (Å²) in [5, 5.41) is 12.8. The molecule has 1 saturated carbocycles. The van der Waals surface area contributed by atoms with Gasteiger partial charge in [0.2, 0.25) is 0 Å². The van der Waals surface area contributed by atoms with Gasteiger partial charge >= 0.3 is 0 Å². The number of pyridine rings is 1. The Bertz CT molecular complexity index is 458. The van der Waals surface area contributed by atoms with Crippen molar-refractivity contribution in [3.8, 4) is 5.75 Å². The number of aromatic nitrogens is 1. The Morgan fingerprint density at radius 1 is 1.67 bits per heavy atom. The smallest absolute Gasteiger partial charge is 0.267 e. The average molecular weight is 251 g/mol. The summed E-state index contributed by atoms with van der Waals surface area (Å²) in [5.41, 5.74) is 5.62. The number of amides is 1. The highest BCUT2D eigenvalue weighted by atomic mass is 16.5. The first-order valence-electron chi connectivity index (χ1n) is 5.80.